The normalized spacial score (nSPS) is 15.7. The SMILES string of the molecule is Cc1nsc(NC2=NCC(C(F)(F)F)N=C2)c1C(=O)Nc1ccc(OCCCNCC(F)F)nc1. The highest BCUT2D eigenvalue weighted by Crippen LogP contribution is 2.27. The van der Waals surface area contributed by atoms with Gasteiger partial charge in [-0.25, -0.2) is 13.8 Å². The van der Waals surface area contributed by atoms with Crippen LogP contribution >= 0.6 is 11.5 Å². The van der Waals surface area contributed by atoms with E-state index in [0.29, 0.717) is 35.2 Å². The first-order chi connectivity index (χ1) is 16.6. The number of alkyl halides is 5. The zero-order valence-corrected chi connectivity index (χ0v) is 19.2. The van der Waals surface area contributed by atoms with Crippen LogP contribution in [0.2, 0.25) is 0 Å². The van der Waals surface area contributed by atoms with Crippen LogP contribution in [-0.2, 0) is 0 Å². The molecule has 0 fully saturated rings. The Kier molecular flexibility index (Phi) is 9.03. The minimum atomic E-state index is -4.47. The molecule has 0 saturated heterocycles. The number of halogens is 5. The zero-order valence-electron chi connectivity index (χ0n) is 18.4. The average Bonchev–Trinajstić information content (AvgIpc) is 3.16. The molecule has 1 unspecified atom stereocenters. The van der Waals surface area contributed by atoms with Crippen molar-refractivity contribution in [1.29, 1.82) is 0 Å². The van der Waals surface area contributed by atoms with Gasteiger partial charge in [0.05, 0.1) is 49.1 Å². The number of hydrogen-bond donors (Lipinski definition) is 3. The van der Waals surface area contributed by atoms with Crippen LogP contribution in [0.4, 0.5) is 32.6 Å². The van der Waals surface area contributed by atoms with E-state index in [1.165, 1.54) is 6.20 Å². The van der Waals surface area contributed by atoms with Crippen molar-refractivity contribution < 1.29 is 31.5 Å². The van der Waals surface area contributed by atoms with E-state index in [1.807, 2.05) is 0 Å². The van der Waals surface area contributed by atoms with E-state index in [0.717, 1.165) is 17.7 Å². The van der Waals surface area contributed by atoms with Crippen LogP contribution in [0.15, 0.2) is 28.3 Å². The molecule has 1 aliphatic heterocycles. The lowest BCUT2D eigenvalue weighted by Crippen LogP contribution is -2.34. The Morgan fingerprint density at radius 2 is 2.11 bits per heavy atom. The number of aryl methyl sites for hydroxylation is 1. The van der Waals surface area contributed by atoms with Gasteiger partial charge in [-0.05, 0) is 37.5 Å². The van der Waals surface area contributed by atoms with Gasteiger partial charge in [-0.2, -0.15) is 17.5 Å². The summed E-state index contributed by atoms with van der Waals surface area (Å²) in [4.78, 5) is 24.2. The third-order valence-corrected chi connectivity index (χ3v) is 5.42. The zero-order chi connectivity index (χ0) is 25.4. The highest BCUT2D eigenvalue weighted by molar-refractivity contribution is 7.11. The summed E-state index contributed by atoms with van der Waals surface area (Å²) in [7, 11) is 0. The van der Waals surface area contributed by atoms with Crippen LogP contribution in [0.3, 0.4) is 0 Å². The predicted molar refractivity (Wildman–Crippen MR) is 122 cm³/mol. The Morgan fingerprint density at radius 1 is 1.31 bits per heavy atom. The molecule has 1 aliphatic rings. The minimum Gasteiger partial charge on any atom is -0.478 e. The number of carbonyl (C=O) groups excluding carboxylic acids is 1. The van der Waals surface area contributed by atoms with E-state index in [4.69, 9.17) is 4.74 Å². The van der Waals surface area contributed by atoms with Crippen molar-refractivity contribution in [1.82, 2.24) is 14.7 Å². The second-order valence-corrected chi connectivity index (χ2v) is 8.07. The van der Waals surface area contributed by atoms with E-state index in [-0.39, 0.29) is 24.6 Å². The molecular formula is C20H22F5N7O2S. The van der Waals surface area contributed by atoms with Crippen molar-refractivity contribution in [2.75, 3.05) is 36.9 Å². The lowest BCUT2D eigenvalue weighted by atomic mass is 10.2. The van der Waals surface area contributed by atoms with Crippen molar-refractivity contribution in [3.63, 3.8) is 0 Å². The monoisotopic (exact) mass is 519 g/mol. The standard InChI is InChI=1S/C20H22F5N7O2S/c1-11-17(19(35-32-11)31-15-10-27-13(8-28-15)20(23,24)25)18(33)30-12-3-4-16(29-7-12)34-6-2-5-26-9-14(21)22/h3-4,7,10,13-14,26H,2,5-6,8-9H2,1H3,(H,28,31)(H,30,33). The number of aromatic nitrogens is 2. The number of hydrogen-bond acceptors (Lipinski definition) is 9. The van der Waals surface area contributed by atoms with Crippen LogP contribution in [0.25, 0.3) is 0 Å². The maximum atomic E-state index is 12.8. The number of nitrogens with one attached hydrogen (secondary N) is 3. The van der Waals surface area contributed by atoms with Gasteiger partial charge in [-0.3, -0.25) is 14.8 Å². The minimum absolute atomic E-state index is 0.0933. The number of amidine groups is 1. The van der Waals surface area contributed by atoms with Crippen LogP contribution in [-0.4, -0.2) is 72.2 Å². The highest BCUT2D eigenvalue weighted by atomic mass is 32.1. The molecule has 3 N–H and O–H groups in total. The summed E-state index contributed by atoms with van der Waals surface area (Å²) in [5.74, 6) is -0.101. The Hall–Kier alpha value is -3.20. The summed E-state index contributed by atoms with van der Waals surface area (Å²) in [6.45, 7) is 1.36. The molecule has 9 nitrogen and oxygen atoms in total. The quantitative estimate of drug-likeness (QED) is 0.327. The molecule has 15 heteroatoms. The third kappa shape index (κ3) is 7.92. The molecule has 3 heterocycles. The van der Waals surface area contributed by atoms with Gasteiger partial charge in [0.2, 0.25) is 5.88 Å². The fraction of sp³-hybridized carbons (Fsp3) is 0.450. The Balaban J connectivity index is 1.53. The second-order valence-electron chi connectivity index (χ2n) is 7.30. The molecule has 2 aromatic rings. The van der Waals surface area contributed by atoms with E-state index in [1.54, 1.807) is 19.1 Å². The van der Waals surface area contributed by atoms with Gasteiger partial charge in [-0.1, -0.05) is 0 Å². The first-order valence-electron chi connectivity index (χ1n) is 10.4. The first-order valence-corrected chi connectivity index (χ1v) is 11.2. The molecule has 190 valence electrons. The van der Waals surface area contributed by atoms with E-state index >= 15 is 0 Å². The smallest absolute Gasteiger partial charge is 0.412 e. The Labute approximate surface area is 201 Å². The van der Waals surface area contributed by atoms with Crippen LogP contribution in [0.5, 0.6) is 5.88 Å². The molecule has 0 spiro atoms. The Bertz CT molecular complexity index is 1060. The fourth-order valence-electron chi connectivity index (χ4n) is 2.85. The van der Waals surface area contributed by atoms with Gasteiger partial charge in [0, 0.05) is 6.07 Å². The van der Waals surface area contributed by atoms with Gasteiger partial charge < -0.3 is 20.7 Å². The van der Waals surface area contributed by atoms with E-state index in [2.05, 4.69) is 35.3 Å². The van der Waals surface area contributed by atoms with Crippen LogP contribution < -0.4 is 20.7 Å². The molecular weight excluding hydrogens is 497 g/mol. The highest BCUT2D eigenvalue weighted by Gasteiger charge is 2.40. The fourth-order valence-corrected chi connectivity index (χ4v) is 3.65. The maximum Gasteiger partial charge on any atom is 0.412 e. The molecule has 35 heavy (non-hydrogen) atoms. The van der Waals surface area contributed by atoms with E-state index < -0.39 is 31.1 Å². The second kappa shape index (κ2) is 12.0. The van der Waals surface area contributed by atoms with Crippen molar-refractivity contribution in [3.8, 4) is 5.88 Å². The predicted octanol–water partition coefficient (Wildman–Crippen LogP) is 3.55. The lowest BCUT2D eigenvalue weighted by molar-refractivity contribution is -0.144. The Morgan fingerprint density at radius 3 is 2.74 bits per heavy atom. The number of pyridine rings is 1. The van der Waals surface area contributed by atoms with Gasteiger partial charge in [0.1, 0.15) is 10.8 Å². The maximum absolute atomic E-state index is 12.8. The summed E-state index contributed by atoms with van der Waals surface area (Å²) in [6, 6.07) is 1.23. The number of rotatable bonds is 10. The largest absolute Gasteiger partial charge is 0.478 e. The molecule has 0 saturated carbocycles. The number of carbonyl (C=O) groups is 1. The van der Waals surface area contributed by atoms with Gasteiger partial charge >= 0.3 is 6.18 Å². The number of amides is 1. The summed E-state index contributed by atoms with van der Waals surface area (Å²) < 4.78 is 71.8. The molecule has 0 bridgehead atoms. The molecule has 0 aromatic carbocycles. The van der Waals surface area contributed by atoms with Crippen molar-refractivity contribution >= 4 is 40.2 Å². The van der Waals surface area contributed by atoms with Crippen LogP contribution in [0, 0.1) is 6.92 Å². The van der Waals surface area contributed by atoms with Crippen molar-refractivity contribution in [2.45, 2.75) is 32.0 Å². The van der Waals surface area contributed by atoms with E-state index in [9.17, 15) is 26.7 Å². The average molecular weight is 520 g/mol. The third-order valence-electron chi connectivity index (χ3n) is 4.56. The van der Waals surface area contributed by atoms with Gasteiger partial charge in [0.15, 0.2) is 6.04 Å². The number of nitrogens with zero attached hydrogens (tertiary/aromatic N) is 4. The van der Waals surface area contributed by atoms with Crippen molar-refractivity contribution in [3.05, 3.63) is 29.6 Å². The molecule has 1 amide bonds. The number of aliphatic imine (C=N–C) groups is 2. The number of anilines is 2. The van der Waals surface area contributed by atoms with Gasteiger partial charge in [-0.15, -0.1) is 0 Å². The molecule has 3 rings (SSSR count). The molecule has 0 aliphatic carbocycles. The number of ether oxygens (including phenoxy) is 1. The summed E-state index contributed by atoms with van der Waals surface area (Å²) in [6.07, 6.45) is -3.99. The topological polar surface area (TPSA) is 113 Å². The summed E-state index contributed by atoms with van der Waals surface area (Å²) in [5.41, 5.74) is 1.01. The summed E-state index contributed by atoms with van der Waals surface area (Å²) in [5, 5.41) is 8.39. The lowest BCUT2D eigenvalue weighted by Gasteiger charge is -2.18. The van der Waals surface area contributed by atoms with Crippen molar-refractivity contribution in [2.24, 2.45) is 9.98 Å². The van der Waals surface area contributed by atoms with Crippen LogP contribution in [0.1, 0.15) is 22.5 Å². The molecule has 0 radical (unpaired) electrons. The summed E-state index contributed by atoms with van der Waals surface area (Å²) >= 11 is 0.965. The molecule has 1 atom stereocenters. The van der Waals surface area contributed by atoms with Gasteiger partial charge in [0.25, 0.3) is 12.3 Å². The molecule has 2 aromatic heterocycles. The first kappa shape index (κ1) is 26.4.